The molecule has 0 aromatic heterocycles. The number of nitrogens with zero attached hydrogens (tertiary/aromatic N) is 2. The van der Waals surface area contributed by atoms with Gasteiger partial charge in [-0.1, -0.05) is 12.1 Å². The molecule has 1 saturated heterocycles. The molecule has 1 fully saturated rings. The lowest BCUT2D eigenvalue weighted by Gasteiger charge is -2.26. The minimum Gasteiger partial charge on any atom is -0.409 e. The Morgan fingerprint density at radius 2 is 2.25 bits per heavy atom. The summed E-state index contributed by atoms with van der Waals surface area (Å²) in [4.78, 5) is 14.7. The van der Waals surface area contributed by atoms with Crippen LogP contribution in [-0.4, -0.2) is 47.5 Å². The summed E-state index contributed by atoms with van der Waals surface area (Å²) in [7, 11) is 0. The number of hydrogen-bond acceptors (Lipinski definition) is 4. The molecule has 4 N–H and O–H groups in total. The van der Waals surface area contributed by atoms with Crippen LogP contribution in [0.4, 0.5) is 0 Å². The Balaban J connectivity index is 2.51. The third-order valence-electron chi connectivity index (χ3n) is 4.48. The third kappa shape index (κ3) is 3.62. The number of nitrogens with one attached hydrogen (secondary N) is 1. The molecule has 1 rings (SSSR count). The topological polar surface area (TPSA) is 91.0 Å². The number of amides is 1. The average Bonchev–Trinajstić information content (AvgIpc) is 2.91. The van der Waals surface area contributed by atoms with E-state index in [1.54, 1.807) is 6.92 Å². The molecule has 116 valence electrons. The van der Waals surface area contributed by atoms with Gasteiger partial charge in [0.05, 0.1) is 0 Å². The van der Waals surface area contributed by atoms with Crippen LogP contribution in [0.2, 0.25) is 0 Å². The molecule has 20 heavy (non-hydrogen) atoms. The molecule has 0 aromatic rings. The van der Waals surface area contributed by atoms with E-state index in [-0.39, 0.29) is 11.7 Å². The Morgan fingerprint density at radius 3 is 2.70 bits per heavy atom. The highest BCUT2D eigenvalue weighted by Crippen LogP contribution is 2.22. The number of amidine groups is 1. The first-order valence-electron chi connectivity index (χ1n) is 7.35. The zero-order valence-electron chi connectivity index (χ0n) is 13.0. The van der Waals surface area contributed by atoms with Gasteiger partial charge in [-0.25, -0.2) is 0 Å². The Labute approximate surface area is 121 Å². The van der Waals surface area contributed by atoms with Crippen molar-refractivity contribution in [3.8, 4) is 0 Å². The van der Waals surface area contributed by atoms with E-state index >= 15 is 0 Å². The molecule has 0 spiro atoms. The van der Waals surface area contributed by atoms with Crippen molar-refractivity contribution in [3.05, 3.63) is 0 Å². The predicted octanol–water partition coefficient (Wildman–Crippen LogP) is 0.996. The smallest absolute Gasteiger partial charge is 0.233 e. The molecule has 0 bridgehead atoms. The Bertz CT molecular complexity index is 370. The highest BCUT2D eigenvalue weighted by Gasteiger charge is 2.36. The SMILES string of the molecule is CCC(C)(C(=O)NCC1CCN(C(C)C)C1)C(N)=NO. The van der Waals surface area contributed by atoms with Gasteiger partial charge in [0, 0.05) is 19.1 Å². The molecule has 0 aliphatic carbocycles. The number of likely N-dealkylation sites (tertiary alicyclic amines) is 1. The molecule has 0 radical (unpaired) electrons. The summed E-state index contributed by atoms with van der Waals surface area (Å²) in [6.45, 7) is 10.7. The second-order valence-electron chi connectivity index (χ2n) is 6.12. The number of hydrogen-bond donors (Lipinski definition) is 3. The lowest BCUT2D eigenvalue weighted by Crippen LogP contribution is -2.48. The van der Waals surface area contributed by atoms with E-state index in [2.05, 4.69) is 29.2 Å². The number of rotatable bonds is 6. The standard InChI is InChI=1S/C14H28N4O2/c1-5-14(4,12(15)17-20)13(19)16-8-11-6-7-18(9-11)10(2)3/h10-11,20H,5-9H2,1-4H3,(H2,15,17)(H,16,19). The number of carbonyl (C=O) groups is 1. The van der Waals surface area contributed by atoms with Gasteiger partial charge in [0.15, 0.2) is 5.84 Å². The summed E-state index contributed by atoms with van der Waals surface area (Å²) in [5, 5.41) is 14.7. The van der Waals surface area contributed by atoms with Crippen molar-refractivity contribution in [2.45, 2.75) is 46.6 Å². The van der Waals surface area contributed by atoms with Crippen LogP contribution in [0.5, 0.6) is 0 Å². The highest BCUT2D eigenvalue weighted by atomic mass is 16.4. The van der Waals surface area contributed by atoms with E-state index in [0.717, 1.165) is 19.5 Å². The zero-order chi connectivity index (χ0) is 15.3. The fraction of sp³-hybridized carbons (Fsp3) is 0.857. The Morgan fingerprint density at radius 1 is 1.60 bits per heavy atom. The normalized spacial score (nSPS) is 23.9. The van der Waals surface area contributed by atoms with E-state index in [1.807, 2.05) is 6.92 Å². The first kappa shape index (κ1) is 16.8. The van der Waals surface area contributed by atoms with Gasteiger partial charge in [0.2, 0.25) is 5.91 Å². The van der Waals surface area contributed by atoms with Gasteiger partial charge in [0.25, 0.3) is 0 Å². The van der Waals surface area contributed by atoms with Crippen LogP contribution in [0.1, 0.15) is 40.5 Å². The molecule has 2 unspecified atom stereocenters. The van der Waals surface area contributed by atoms with Crippen LogP contribution >= 0.6 is 0 Å². The van der Waals surface area contributed by atoms with Crippen molar-refractivity contribution in [2.24, 2.45) is 22.2 Å². The minimum absolute atomic E-state index is 0.0345. The van der Waals surface area contributed by atoms with Gasteiger partial charge in [-0.05, 0) is 46.1 Å². The first-order valence-corrected chi connectivity index (χ1v) is 7.35. The lowest BCUT2D eigenvalue weighted by molar-refractivity contribution is -0.127. The molecule has 2 atom stereocenters. The van der Waals surface area contributed by atoms with Crippen molar-refractivity contribution in [2.75, 3.05) is 19.6 Å². The van der Waals surface area contributed by atoms with Gasteiger partial charge in [-0.2, -0.15) is 0 Å². The quantitative estimate of drug-likeness (QED) is 0.294. The summed E-state index contributed by atoms with van der Waals surface area (Å²) in [6.07, 6.45) is 1.60. The zero-order valence-corrected chi connectivity index (χ0v) is 13.0. The maximum Gasteiger partial charge on any atom is 0.233 e. The molecule has 1 amide bonds. The van der Waals surface area contributed by atoms with Gasteiger partial charge in [-0.15, -0.1) is 0 Å². The van der Waals surface area contributed by atoms with E-state index < -0.39 is 5.41 Å². The third-order valence-corrected chi connectivity index (χ3v) is 4.48. The monoisotopic (exact) mass is 284 g/mol. The summed E-state index contributed by atoms with van der Waals surface area (Å²) in [6, 6.07) is 0.550. The molecular weight excluding hydrogens is 256 g/mol. The van der Waals surface area contributed by atoms with Crippen molar-refractivity contribution >= 4 is 11.7 Å². The molecule has 1 aliphatic heterocycles. The molecular formula is C14H28N4O2. The fourth-order valence-corrected chi connectivity index (χ4v) is 2.50. The van der Waals surface area contributed by atoms with Crippen LogP contribution in [0.15, 0.2) is 5.16 Å². The molecule has 1 aliphatic rings. The van der Waals surface area contributed by atoms with Crippen molar-refractivity contribution in [1.29, 1.82) is 0 Å². The molecule has 1 heterocycles. The highest BCUT2D eigenvalue weighted by molar-refractivity contribution is 6.06. The molecule has 6 nitrogen and oxygen atoms in total. The van der Waals surface area contributed by atoms with Gasteiger partial charge in [0.1, 0.15) is 5.41 Å². The van der Waals surface area contributed by atoms with Gasteiger partial charge >= 0.3 is 0 Å². The van der Waals surface area contributed by atoms with Gasteiger partial charge in [-0.3, -0.25) is 4.79 Å². The lowest BCUT2D eigenvalue weighted by atomic mass is 9.85. The van der Waals surface area contributed by atoms with Crippen LogP contribution in [0.25, 0.3) is 0 Å². The fourth-order valence-electron chi connectivity index (χ4n) is 2.50. The molecule has 0 saturated carbocycles. The maximum absolute atomic E-state index is 12.3. The van der Waals surface area contributed by atoms with Crippen LogP contribution in [0.3, 0.4) is 0 Å². The maximum atomic E-state index is 12.3. The summed E-state index contributed by atoms with van der Waals surface area (Å²) in [5.41, 5.74) is 4.70. The Kier molecular flexibility index (Phi) is 5.80. The Hall–Kier alpha value is -1.30. The van der Waals surface area contributed by atoms with E-state index in [9.17, 15) is 4.79 Å². The van der Waals surface area contributed by atoms with Crippen LogP contribution < -0.4 is 11.1 Å². The summed E-state index contributed by atoms with van der Waals surface area (Å²) >= 11 is 0. The average molecular weight is 284 g/mol. The first-order chi connectivity index (χ1) is 9.35. The van der Waals surface area contributed by atoms with Crippen molar-refractivity contribution < 1.29 is 10.0 Å². The van der Waals surface area contributed by atoms with E-state index in [1.165, 1.54) is 0 Å². The van der Waals surface area contributed by atoms with Crippen LogP contribution in [-0.2, 0) is 4.79 Å². The van der Waals surface area contributed by atoms with E-state index in [4.69, 9.17) is 10.9 Å². The largest absolute Gasteiger partial charge is 0.409 e. The molecule has 0 aromatic carbocycles. The molecule has 6 heteroatoms. The number of nitrogens with two attached hydrogens (primary N) is 1. The summed E-state index contributed by atoms with van der Waals surface area (Å²) in [5.74, 6) is 0.278. The predicted molar refractivity (Wildman–Crippen MR) is 79.6 cm³/mol. The van der Waals surface area contributed by atoms with Gasteiger partial charge < -0.3 is 21.2 Å². The van der Waals surface area contributed by atoms with Crippen molar-refractivity contribution in [1.82, 2.24) is 10.2 Å². The second kappa shape index (κ2) is 6.92. The van der Waals surface area contributed by atoms with E-state index in [0.29, 0.717) is 24.9 Å². The second-order valence-corrected chi connectivity index (χ2v) is 6.12. The minimum atomic E-state index is -0.939. The number of carbonyl (C=O) groups excluding carboxylic acids is 1. The van der Waals surface area contributed by atoms with Crippen molar-refractivity contribution in [3.63, 3.8) is 0 Å². The number of oxime groups is 1. The van der Waals surface area contributed by atoms with Crippen LogP contribution in [0, 0.1) is 11.3 Å². The summed E-state index contributed by atoms with van der Waals surface area (Å²) < 4.78 is 0.